The van der Waals surface area contributed by atoms with Crippen molar-refractivity contribution in [3.05, 3.63) is 112 Å². The molecule has 2 aromatic heterocycles. The standard InChI is InChI=1S/C30H24ClF2N5O2/c1-40-20-5-2-17(3-6-20)16-38-13-12-18-15-34-30(37-28(18)38)36-26-11-8-21-22(7-10-25(33)27(21)26)29(39)35-19-4-9-24(32)23(31)14-19/h2-7,9-10,12-15,26H,8,11,16H2,1H3,(H,35,39)(H,34,36,37). The van der Waals surface area contributed by atoms with Gasteiger partial charge in [0.05, 0.1) is 18.2 Å². The Kier molecular flexibility index (Phi) is 6.81. The zero-order valence-electron chi connectivity index (χ0n) is 21.4. The summed E-state index contributed by atoms with van der Waals surface area (Å²) in [5, 5.41) is 6.78. The van der Waals surface area contributed by atoms with Crippen molar-refractivity contribution < 1.29 is 18.3 Å². The third-order valence-corrected chi connectivity index (χ3v) is 7.36. The first kappa shape index (κ1) is 25.8. The van der Waals surface area contributed by atoms with Crippen molar-refractivity contribution in [2.24, 2.45) is 0 Å². The maximum atomic E-state index is 15.1. The summed E-state index contributed by atoms with van der Waals surface area (Å²) in [6.45, 7) is 0.614. The minimum atomic E-state index is -0.579. The molecule has 1 aliphatic carbocycles. The van der Waals surface area contributed by atoms with Crippen molar-refractivity contribution in [3.63, 3.8) is 0 Å². The molecule has 40 heavy (non-hydrogen) atoms. The van der Waals surface area contributed by atoms with Crippen LogP contribution in [0.1, 0.15) is 39.5 Å². The highest BCUT2D eigenvalue weighted by molar-refractivity contribution is 6.31. The van der Waals surface area contributed by atoms with E-state index in [0.717, 1.165) is 22.3 Å². The van der Waals surface area contributed by atoms with E-state index in [1.54, 1.807) is 13.3 Å². The quantitative estimate of drug-likeness (QED) is 0.230. The zero-order chi connectivity index (χ0) is 27.8. The Morgan fingerprint density at radius 2 is 1.90 bits per heavy atom. The number of fused-ring (bicyclic) bond motifs is 2. The molecule has 0 radical (unpaired) electrons. The van der Waals surface area contributed by atoms with Crippen LogP contribution in [0.4, 0.5) is 20.4 Å². The predicted molar refractivity (Wildman–Crippen MR) is 150 cm³/mol. The molecule has 3 aromatic carbocycles. The molecule has 7 nitrogen and oxygen atoms in total. The normalized spacial score (nSPS) is 14.2. The van der Waals surface area contributed by atoms with E-state index in [0.29, 0.717) is 47.7 Å². The van der Waals surface area contributed by atoms with Crippen molar-refractivity contribution >= 4 is 40.2 Å². The smallest absolute Gasteiger partial charge is 0.255 e. The molecule has 2 heterocycles. The Morgan fingerprint density at radius 1 is 1.10 bits per heavy atom. The summed E-state index contributed by atoms with van der Waals surface area (Å²) in [7, 11) is 1.63. The first-order valence-corrected chi connectivity index (χ1v) is 13.1. The minimum Gasteiger partial charge on any atom is -0.497 e. The van der Waals surface area contributed by atoms with Gasteiger partial charge in [-0.15, -0.1) is 0 Å². The number of rotatable bonds is 7. The van der Waals surface area contributed by atoms with Gasteiger partial charge in [-0.1, -0.05) is 23.7 Å². The average molecular weight is 560 g/mol. The minimum absolute atomic E-state index is 0.0986. The predicted octanol–water partition coefficient (Wildman–Crippen LogP) is 6.77. The van der Waals surface area contributed by atoms with E-state index >= 15 is 4.39 Å². The Bertz CT molecular complexity index is 1740. The zero-order valence-corrected chi connectivity index (χ0v) is 22.2. The van der Waals surface area contributed by atoms with E-state index in [1.807, 2.05) is 41.1 Å². The van der Waals surface area contributed by atoms with Crippen LogP contribution in [0.5, 0.6) is 5.75 Å². The van der Waals surface area contributed by atoms with Gasteiger partial charge in [-0.3, -0.25) is 4.79 Å². The Labute approximate surface area is 233 Å². The Balaban J connectivity index is 1.24. The van der Waals surface area contributed by atoms with Crippen molar-refractivity contribution in [2.75, 3.05) is 17.7 Å². The van der Waals surface area contributed by atoms with Crippen LogP contribution < -0.4 is 15.4 Å². The molecule has 1 amide bonds. The molecule has 0 bridgehead atoms. The van der Waals surface area contributed by atoms with E-state index in [-0.39, 0.29) is 5.02 Å². The number of ether oxygens (including phenoxy) is 1. The molecule has 0 saturated carbocycles. The van der Waals surface area contributed by atoms with Gasteiger partial charge in [-0.25, -0.2) is 13.8 Å². The van der Waals surface area contributed by atoms with Gasteiger partial charge < -0.3 is 19.9 Å². The van der Waals surface area contributed by atoms with Crippen LogP contribution in [0.2, 0.25) is 5.02 Å². The third-order valence-electron chi connectivity index (χ3n) is 7.07. The first-order valence-electron chi connectivity index (χ1n) is 12.7. The number of hydrogen-bond acceptors (Lipinski definition) is 5. The van der Waals surface area contributed by atoms with Gasteiger partial charge in [-0.2, -0.15) is 4.98 Å². The number of nitrogens with zero attached hydrogens (tertiary/aromatic N) is 3. The fraction of sp³-hybridized carbons (Fsp3) is 0.167. The van der Waals surface area contributed by atoms with Crippen LogP contribution in [0, 0.1) is 11.6 Å². The summed E-state index contributed by atoms with van der Waals surface area (Å²) in [5.41, 5.74) is 3.58. The van der Waals surface area contributed by atoms with Gasteiger partial charge in [0.2, 0.25) is 5.95 Å². The van der Waals surface area contributed by atoms with E-state index in [4.69, 9.17) is 21.3 Å². The lowest BCUT2D eigenvalue weighted by Crippen LogP contribution is -2.16. The summed E-state index contributed by atoms with van der Waals surface area (Å²) < 4.78 is 35.9. The molecule has 0 saturated heterocycles. The van der Waals surface area contributed by atoms with Crippen molar-refractivity contribution in [1.29, 1.82) is 0 Å². The summed E-state index contributed by atoms with van der Waals surface area (Å²) in [4.78, 5) is 22.2. The summed E-state index contributed by atoms with van der Waals surface area (Å²) in [5.74, 6) is -0.247. The highest BCUT2D eigenvalue weighted by Crippen LogP contribution is 2.37. The van der Waals surface area contributed by atoms with Crippen LogP contribution in [0.3, 0.4) is 0 Å². The molecular weight excluding hydrogens is 536 g/mol. The monoisotopic (exact) mass is 559 g/mol. The number of methoxy groups -OCH3 is 1. The van der Waals surface area contributed by atoms with Gasteiger partial charge in [-0.05, 0) is 72.5 Å². The highest BCUT2D eigenvalue weighted by atomic mass is 35.5. The van der Waals surface area contributed by atoms with Crippen LogP contribution >= 0.6 is 11.6 Å². The van der Waals surface area contributed by atoms with Gasteiger partial charge >= 0.3 is 0 Å². The fourth-order valence-corrected chi connectivity index (χ4v) is 5.28. The second-order valence-electron chi connectivity index (χ2n) is 9.57. The van der Waals surface area contributed by atoms with E-state index < -0.39 is 23.6 Å². The maximum Gasteiger partial charge on any atom is 0.255 e. The SMILES string of the molecule is COc1ccc(Cn2ccc3cnc(NC4CCc5c(C(=O)Nc6ccc(F)c(Cl)c6)ccc(F)c54)nc32)cc1. The lowest BCUT2D eigenvalue weighted by molar-refractivity contribution is 0.102. The number of benzene rings is 3. The second-order valence-corrected chi connectivity index (χ2v) is 9.98. The van der Waals surface area contributed by atoms with E-state index in [2.05, 4.69) is 15.6 Å². The molecular formula is C30H24ClF2N5O2. The van der Waals surface area contributed by atoms with Crippen LogP contribution in [-0.4, -0.2) is 27.6 Å². The molecule has 6 rings (SSSR count). The Hall–Kier alpha value is -4.50. The maximum absolute atomic E-state index is 15.1. The number of halogens is 3. The van der Waals surface area contributed by atoms with E-state index in [9.17, 15) is 9.18 Å². The number of carbonyl (C=O) groups is 1. The average Bonchev–Trinajstić information content (AvgIpc) is 3.56. The summed E-state index contributed by atoms with van der Waals surface area (Å²) in [6.07, 6.45) is 4.75. The van der Waals surface area contributed by atoms with E-state index in [1.165, 1.54) is 30.3 Å². The summed E-state index contributed by atoms with van der Waals surface area (Å²) >= 11 is 5.84. The molecule has 5 aromatic rings. The largest absolute Gasteiger partial charge is 0.497 e. The van der Waals surface area contributed by atoms with Crippen LogP contribution in [-0.2, 0) is 13.0 Å². The second kappa shape index (κ2) is 10.6. The lowest BCUT2D eigenvalue weighted by atomic mass is 10.0. The molecule has 1 atom stereocenters. The molecule has 202 valence electrons. The fourth-order valence-electron chi connectivity index (χ4n) is 5.10. The van der Waals surface area contributed by atoms with Crippen molar-refractivity contribution in [1.82, 2.24) is 14.5 Å². The van der Waals surface area contributed by atoms with Crippen molar-refractivity contribution in [2.45, 2.75) is 25.4 Å². The molecule has 1 unspecified atom stereocenters. The Morgan fingerprint density at radius 3 is 2.67 bits per heavy atom. The van der Waals surface area contributed by atoms with Crippen LogP contribution in [0.15, 0.2) is 73.1 Å². The van der Waals surface area contributed by atoms with Crippen LogP contribution in [0.25, 0.3) is 11.0 Å². The van der Waals surface area contributed by atoms with Gasteiger partial charge in [0.15, 0.2) is 0 Å². The molecule has 1 aliphatic rings. The molecule has 0 spiro atoms. The number of amides is 1. The molecule has 0 aliphatic heterocycles. The van der Waals surface area contributed by atoms with Gasteiger partial charge in [0, 0.05) is 41.1 Å². The number of carbonyl (C=O) groups excluding carboxylic acids is 1. The third kappa shape index (κ3) is 4.96. The molecule has 10 heteroatoms. The number of nitrogens with one attached hydrogen (secondary N) is 2. The van der Waals surface area contributed by atoms with Gasteiger partial charge in [0.1, 0.15) is 23.0 Å². The number of hydrogen-bond donors (Lipinski definition) is 2. The number of anilines is 2. The van der Waals surface area contributed by atoms with Crippen molar-refractivity contribution in [3.8, 4) is 5.75 Å². The lowest BCUT2D eigenvalue weighted by Gasteiger charge is -2.16. The molecule has 0 fully saturated rings. The number of aromatic nitrogens is 3. The summed E-state index contributed by atoms with van der Waals surface area (Å²) in [6, 6.07) is 16.1. The first-order chi connectivity index (χ1) is 19.4. The molecule has 2 N–H and O–H groups in total. The topological polar surface area (TPSA) is 81.1 Å². The van der Waals surface area contributed by atoms with Gasteiger partial charge in [0.25, 0.3) is 5.91 Å². The highest BCUT2D eigenvalue weighted by Gasteiger charge is 2.30.